The number of nitrogens with two attached hydrogens (primary N) is 1. The number of thiophene rings is 1. The van der Waals surface area contributed by atoms with E-state index in [2.05, 4.69) is 0 Å². The van der Waals surface area contributed by atoms with E-state index in [-0.39, 0.29) is 33.8 Å². The molecule has 0 aliphatic carbocycles. The van der Waals surface area contributed by atoms with E-state index in [9.17, 15) is 18.0 Å². The van der Waals surface area contributed by atoms with Crippen molar-refractivity contribution in [2.75, 3.05) is 19.6 Å². The Bertz CT molecular complexity index is 954. The molecule has 2 heterocycles. The van der Waals surface area contributed by atoms with Crippen molar-refractivity contribution in [1.29, 1.82) is 0 Å². The molecule has 2 aromatic rings. The Kier molecular flexibility index (Phi) is 5.85. The number of nitrogens with zero attached hydrogens (tertiary/aromatic N) is 2. The van der Waals surface area contributed by atoms with Gasteiger partial charge >= 0.3 is 0 Å². The summed E-state index contributed by atoms with van der Waals surface area (Å²) in [6.45, 7) is 0.957. The monoisotopic (exact) mass is 405 g/mol. The fraction of sp³-hybridized carbons (Fsp3) is 0.222. The van der Waals surface area contributed by atoms with Gasteiger partial charge < -0.3 is 0 Å². The van der Waals surface area contributed by atoms with Crippen molar-refractivity contribution < 1.29 is 18.0 Å². The van der Waals surface area contributed by atoms with Crippen LogP contribution in [0.1, 0.15) is 16.1 Å². The molecule has 3 rings (SSSR count). The molecule has 0 radical (unpaired) electrons. The molecule has 0 bridgehead atoms. The van der Waals surface area contributed by atoms with Crippen LogP contribution >= 0.6 is 11.3 Å². The maximum absolute atomic E-state index is 12.6. The number of carbonyl (C=O) groups is 2. The van der Waals surface area contributed by atoms with Crippen molar-refractivity contribution in [2.45, 2.75) is 11.3 Å². The highest BCUT2D eigenvalue weighted by Crippen LogP contribution is 2.18. The summed E-state index contributed by atoms with van der Waals surface area (Å²) in [7, 11) is -4.13. The first-order valence-electron chi connectivity index (χ1n) is 8.27. The second-order valence-electron chi connectivity index (χ2n) is 6.05. The van der Waals surface area contributed by atoms with Gasteiger partial charge in [-0.2, -0.15) is 12.8 Å². The summed E-state index contributed by atoms with van der Waals surface area (Å²) in [4.78, 5) is 27.3. The zero-order valence-electron chi connectivity index (χ0n) is 14.4. The third-order valence-corrected chi connectivity index (χ3v) is 6.63. The summed E-state index contributed by atoms with van der Waals surface area (Å²) in [5, 5.41) is 1.83. The number of hydrogen-bond donors (Lipinski definition) is 1. The van der Waals surface area contributed by atoms with Gasteiger partial charge in [-0.25, -0.2) is 5.84 Å². The molecule has 1 aliphatic heterocycles. The van der Waals surface area contributed by atoms with Crippen molar-refractivity contribution >= 4 is 33.1 Å². The van der Waals surface area contributed by atoms with Crippen molar-refractivity contribution in [2.24, 2.45) is 5.84 Å². The fourth-order valence-corrected chi connectivity index (χ4v) is 4.49. The lowest BCUT2D eigenvalue weighted by Gasteiger charge is -2.27. The average molecular weight is 406 g/mol. The number of sulfonamides is 1. The molecule has 0 fully saturated rings. The standard InChI is InChI=1S/C18H19N3O4S2/c19-21(27(24,25)15-7-2-1-3-8-15)18(23)14-6-4-10-20(12-14)13-16(22)17-9-5-11-26-17/h1-3,5-9,11H,4,10,12-13,19H2. The molecule has 27 heavy (non-hydrogen) atoms. The van der Waals surface area contributed by atoms with Gasteiger partial charge in [-0.05, 0) is 30.0 Å². The van der Waals surface area contributed by atoms with E-state index in [1.54, 1.807) is 30.3 Å². The lowest BCUT2D eigenvalue weighted by molar-refractivity contribution is -0.123. The largest absolute Gasteiger partial charge is 0.292 e. The van der Waals surface area contributed by atoms with Crippen LogP contribution in [0.2, 0.25) is 0 Å². The van der Waals surface area contributed by atoms with Crippen molar-refractivity contribution in [3.05, 3.63) is 64.4 Å². The SMILES string of the molecule is NN(C(=O)C1=CCCN(CC(=O)c2cccs2)C1)S(=O)(=O)c1ccccc1. The molecule has 1 amide bonds. The average Bonchev–Trinajstić information content (AvgIpc) is 3.22. The summed E-state index contributed by atoms with van der Waals surface area (Å²) >= 11 is 1.37. The minimum absolute atomic E-state index is 0.0276. The summed E-state index contributed by atoms with van der Waals surface area (Å²) in [5.41, 5.74) is 0.266. The molecule has 142 valence electrons. The first-order valence-corrected chi connectivity index (χ1v) is 10.6. The van der Waals surface area contributed by atoms with E-state index in [1.165, 1.54) is 23.5 Å². The number of rotatable bonds is 6. The number of carbonyl (C=O) groups excluding carboxylic acids is 2. The predicted octanol–water partition coefficient (Wildman–Crippen LogP) is 1.65. The van der Waals surface area contributed by atoms with E-state index in [1.807, 2.05) is 16.3 Å². The van der Waals surface area contributed by atoms with Crippen LogP contribution in [-0.2, 0) is 14.8 Å². The van der Waals surface area contributed by atoms with Crippen LogP contribution in [-0.4, -0.2) is 49.1 Å². The molecule has 0 atom stereocenters. The second-order valence-corrected chi connectivity index (χ2v) is 8.81. The normalized spacial score (nSPS) is 15.2. The number of benzene rings is 1. The Morgan fingerprint density at radius 1 is 1.15 bits per heavy atom. The van der Waals surface area contributed by atoms with Gasteiger partial charge in [0.25, 0.3) is 15.9 Å². The molecule has 0 spiro atoms. The van der Waals surface area contributed by atoms with Crippen molar-refractivity contribution in [3.63, 3.8) is 0 Å². The van der Waals surface area contributed by atoms with Gasteiger partial charge in [0.15, 0.2) is 5.78 Å². The summed E-state index contributed by atoms with van der Waals surface area (Å²) in [5.74, 6) is 4.84. The molecule has 0 unspecified atom stereocenters. The highest BCUT2D eigenvalue weighted by Gasteiger charge is 2.30. The molecule has 2 N–H and O–H groups in total. The van der Waals surface area contributed by atoms with Crippen LogP contribution in [0.5, 0.6) is 0 Å². The summed E-state index contributed by atoms with van der Waals surface area (Å²) in [6, 6.07) is 11.1. The van der Waals surface area contributed by atoms with E-state index in [4.69, 9.17) is 5.84 Å². The number of Topliss-reactive ketones (excluding diaryl/α,β-unsaturated/α-hetero) is 1. The number of amides is 1. The maximum Gasteiger partial charge on any atom is 0.280 e. The minimum atomic E-state index is -4.13. The third-order valence-electron chi connectivity index (χ3n) is 4.17. The minimum Gasteiger partial charge on any atom is -0.292 e. The van der Waals surface area contributed by atoms with E-state index >= 15 is 0 Å². The van der Waals surface area contributed by atoms with E-state index < -0.39 is 15.9 Å². The third kappa shape index (κ3) is 4.33. The molecular weight excluding hydrogens is 386 g/mol. The van der Waals surface area contributed by atoms with Crippen LogP contribution in [0.4, 0.5) is 0 Å². The molecule has 7 nitrogen and oxygen atoms in total. The van der Waals surface area contributed by atoms with E-state index in [0.717, 1.165) is 0 Å². The topological polar surface area (TPSA) is 101 Å². The van der Waals surface area contributed by atoms with Gasteiger partial charge in [-0.1, -0.05) is 30.3 Å². The Balaban J connectivity index is 1.69. The van der Waals surface area contributed by atoms with Crippen LogP contribution in [0.15, 0.2) is 64.4 Å². The Morgan fingerprint density at radius 3 is 2.56 bits per heavy atom. The zero-order valence-corrected chi connectivity index (χ0v) is 16.1. The highest BCUT2D eigenvalue weighted by atomic mass is 32.2. The predicted molar refractivity (Wildman–Crippen MR) is 102 cm³/mol. The quantitative estimate of drug-likeness (QED) is 0.339. The molecule has 1 aromatic heterocycles. The Labute approximate surface area is 161 Å². The first kappa shape index (κ1) is 19.4. The number of hydrogen-bond acceptors (Lipinski definition) is 7. The van der Waals surface area contributed by atoms with Gasteiger partial charge in [0.1, 0.15) is 0 Å². The lowest BCUT2D eigenvalue weighted by Crippen LogP contribution is -2.46. The van der Waals surface area contributed by atoms with Gasteiger partial charge in [-0.3, -0.25) is 14.5 Å². The van der Waals surface area contributed by atoms with Gasteiger partial charge in [0, 0.05) is 18.7 Å². The van der Waals surface area contributed by atoms with Crippen LogP contribution in [0, 0.1) is 0 Å². The van der Waals surface area contributed by atoms with Crippen molar-refractivity contribution in [1.82, 2.24) is 9.31 Å². The molecule has 9 heteroatoms. The zero-order chi connectivity index (χ0) is 19.4. The molecule has 1 aliphatic rings. The highest BCUT2D eigenvalue weighted by molar-refractivity contribution is 7.89. The van der Waals surface area contributed by atoms with Gasteiger partial charge in [0.2, 0.25) is 0 Å². The maximum atomic E-state index is 12.6. The van der Waals surface area contributed by atoms with Crippen LogP contribution < -0.4 is 5.84 Å². The molecule has 0 saturated heterocycles. The van der Waals surface area contributed by atoms with Gasteiger partial charge in [0.05, 0.1) is 16.3 Å². The first-order chi connectivity index (χ1) is 12.9. The molecular formula is C18H19N3O4S2. The smallest absolute Gasteiger partial charge is 0.280 e. The lowest BCUT2D eigenvalue weighted by atomic mass is 10.1. The fourth-order valence-electron chi connectivity index (χ4n) is 2.77. The Morgan fingerprint density at radius 2 is 1.89 bits per heavy atom. The Hall–Kier alpha value is -2.33. The van der Waals surface area contributed by atoms with Crippen LogP contribution in [0.25, 0.3) is 0 Å². The summed E-state index contributed by atoms with van der Waals surface area (Å²) < 4.78 is 25.3. The number of ketones is 1. The van der Waals surface area contributed by atoms with Crippen molar-refractivity contribution in [3.8, 4) is 0 Å². The van der Waals surface area contributed by atoms with E-state index in [0.29, 0.717) is 17.8 Å². The molecule has 0 saturated carbocycles. The number of hydrazine groups is 1. The molecule has 1 aromatic carbocycles. The summed E-state index contributed by atoms with van der Waals surface area (Å²) in [6.07, 6.45) is 2.22. The van der Waals surface area contributed by atoms with Gasteiger partial charge in [-0.15, -0.1) is 11.3 Å². The van der Waals surface area contributed by atoms with Crippen LogP contribution in [0.3, 0.4) is 0 Å². The second kappa shape index (κ2) is 8.13.